The fourth-order valence-corrected chi connectivity index (χ4v) is 1.32. The SMILES string of the molecule is C[N+]1(C)CCN(C(N)=NN)CC1.[Cl-]. The zero-order valence-electron chi connectivity index (χ0n) is 8.20. The van der Waals surface area contributed by atoms with E-state index in [2.05, 4.69) is 19.2 Å². The van der Waals surface area contributed by atoms with Gasteiger partial charge in [0.1, 0.15) is 0 Å². The van der Waals surface area contributed by atoms with Gasteiger partial charge in [0.05, 0.1) is 40.3 Å². The van der Waals surface area contributed by atoms with Gasteiger partial charge >= 0.3 is 0 Å². The molecule has 1 rings (SSSR count). The van der Waals surface area contributed by atoms with Gasteiger partial charge < -0.3 is 33.4 Å². The lowest BCUT2D eigenvalue weighted by Gasteiger charge is -2.39. The van der Waals surface area contributed by atoms with Crippen LogP contribution >= 0.6 is 0 Å². The van der Waals surface area contributed by atoms with Gasteiger partial charge in [-0.15, -0.1) is 5.10 Å². The molecule has 1 aliphatic rings. The molecule has 13 heavy (non-hydrogen) atoms. The van der Waals surface area contributed by atoms with E-state index in [-0.39, 0.29) is 12.4 Å². The number of hydrogen-bond donors (Lipinski definition) is 2. The molecule has 0 bridgehead atoms. The van der Waals surface area contributed by atoms with Crippen molar-refractivity contribution < 1.29 is 16.9 Å². The summed E-state index contributed by atoms with van der Waals surface area (Å²) in [5.74, 6) is 5.54. The smallest absolute Gasteiger partial charge is 0.213 e. The number of guanidine groups is 1. The largest absolute Gasteiger partial charge is 1.00 e. The highest BCUT2D eigenvalue weighted by Gasteiger charge is 2.24. The van der Waals surface area contributed by atoms with Gasteiger partial charge in [-0.25, -0.2) is 0 Å². The number of quaternary nitrogens is 1. The van der Waals surface area contributed by atoms with Crippen molar-refractivity contribution in [3.8, 4) is 0 Å². The Morgan fingerprint density at radius 1 is 1.31 bits per heavy atom. The Kier molecular flexibility index (Phi) is 4.29. The van der Waals surface area contributed by atoms with Crippen molar-refractivity contribution in [1.29, 1.82) is 0 Å². The molecule has 4 N–H and O–H groups in total. The lowest BCUT2D eigenvalue weighted by molar-refractivity contribution is -0.894. The Hall–Kier alpha value is -0.680. The summed E-state index contributed by atoms with van der Waals surface area (Å²) < 4.78 is 1.05. The van der Waals surface area contributed by atoms with Crippen molar-refractivity contribution in [3.63, 3.8) is 0 Å². The standard InChI is InChI=1S/C7H18N5.ClH/c1-12(2)5-3-11(4-6-12)7(8)10-9;/h3-6,9H2,1-2H3,(H2,8,10);1H/q+1;/p-1. The summed E-state index contributed by atoms with van der Waals surface area (Å²) in [5, 5.41) is 3.47. The van der Waals surface area contributed by atoms with Gasteiger partial charge in [-0.2, -0.15) is 0 Å². The molecule has 0 atom stereocenters. The van der Waals surface area contributed by atoms with Crippen molar-refractivity contribution in [2.45, 2.75) is 0 Å². The predicted molar refractivity (Wildman–Crippen MR) is 49.2 cm³/mol. The Labute approximate surface area is 85.4 Å². The molecular weight excluding hydrogens is 190 g/mol. The van der Waals surface area contributed by atoms with Crippen LogP contribution < -0.4 is 24.0 Å². The summed E-state index contributed by atoms with van der Waals surface area (Å²) in [6, 6.07) is 0. The molecule has 0 aromatic heterocycles. The molecule has 1 fully saturated rings. The summed E-state index contributed by atoms with van der Waals surface area (Å²) in [5.41, 5.74) is 5.58. The van der Waals surface area contributed by atoms with Gasteiger partial charge in [0, 0.05) is 0 Å². The van der Waals surface area contributed by atoms with E-state index in [1.54, 1.807) is 0 Å². The van der Waals surface area contributed by atoms with Crippen molar-refractivity contribution in [3.05, 3.63) is 0 Å². The van der Waals surface area contributed by atoms with E-state index >= 15 is 0 Å². The predicted octanol–water partition coefficient (Wildman–Crippen LogP) is -4.43. The Bertz CT molecular complexity index is 181. The summed E-state index contributed by atoms with van der Waals surface area (Å²) in [6.07, 6.45) is 0. The summed E-state index contributed by atoms with van der Waals surface area (Å²) in [4.78, 5) is 2.02. The van der Waals surface area contributed by atoms with Crippen LogP contribution in [0, 0.1) is 0 Å². The van der Waals surface area contributed by atoms with Crippen molar-refractivity contribution >= 4 is 5.96 Å². The minimum Gasteiger partial charge on any atom is -1.00 e. The highest BCUT2D eigenvalue weighted by molar-refractivity contribution is 5.77. The zero-order chi connectivity index (χ0) is 9.19. The average Bonchev–Trinajstić information content (AvgIpc) is 2.03. The number of nitrogens with two attached hydrogens (primary N) is 2. The van der Waals surface area contributed by atoms with Gasteiger partial charge in [0.25, 0.3) is 0 Å². The maximum absolute atomic E-state index is 5.58. The third-order valence-corrected chi connectivity index (χ3v) is 2.41. The third kappa shape index (κ3) is 3.28. The second-order valence-corrected chi connectivity index (χ2v) is 3.86. The quantitative estimate of drug-likeness (QED) is 0.139. The fourth-order valence-electron chi connectivity index (χ4n) is 1.32. The summed E-state index contributed by atoms with van der Waals surface area (Å²) in [7, 11) is 4.43. The topological polar surface area (TPSA) is 67.6 Å². The summed E-state index contributed by atoms with van der Waals surface area (Å²) >= 11 is 0. The van der Waals surface area contributed by atoms with Crippen LogP contribution in [0.25, 0.3) is 0 Å². The van der Waals surface area contributed by atoms with Crippen LogP contribution in [0.2, 0.25) is 0 Å². The zero-order valence-corrected chi connectivity index (χ0v) is 8.96. The van der Waals surface area contributed by atoms with Gasteiger partial charge in [-0.3, -0.25) is 0 Å². The van der Waals surface area contributed by atoms with E-state index < -0.39 is 0 Å². The van der Waals surface area contributed by atoms with Crippen LogP contribution in [-0.4, -0.2) is 55.6 Å². The van der Waals surface area contributed by atoms with Crippen molar-refractivity contribution in [1.82, 2.24) is 4.90 Å². The maximum atomic E-state index is 5.58. The Morgan fingerprint density at radius 2 is 1.77 bits per heavy atom. The molecule has 1 saturated heterocycles. The first-order chi connectivity index (χ1) is 5.55. The lowest BCUT2D eigenvalue weighted by atomic mass is 10.3. The van der Waals surface area contributed by atoms with Crippen molar-refractivity contribution in [2.24, 2.45) is 16.7 Å². The second-order valence-electron chi connectivity index (χ2n) is 3.86. The number of hydrogen-bond acceptors (Lipinski definition) is 2. The molecular formula is C7H18ClN5. The van der Waals surface area contributed by atoms with Gasteiger partial charge in [-0.1, -0.05) is 0 Å². The van der Waals surface area contributed by atoms with E-state index in [1.807, 2.05) is 4.90 Å². The Morgan fingerprint density at radius 3 is 2.15 bits per heavy atom. The highest BCUT2D eigenvalue weighted by atomic mass is 35.5. The van der Waals surface area contributed by atoms with E-state index in [0.29, 0.717) is 5.96 Å². The van der Waals surface area contributed by atoms with E-state index in [1.165, 1.54) is 0 Å². The number of hydrazone groups is 1. The fraction of sp³-hybridized carbons (Fsp3) is 0.857. The van der Waals surface area contributed by atoms with Crippen LogP contribution in [0.1, 0.15) is 0 Å². The van der Waals surface area contributed by atoms with Crippen LogP contribution in [0.15, 0.2) is 5.10 Å². The Balaban J connectivity index is 0.00000144. The molecule has 1 aliphatic heterocycles. The number of halogens is 1. The second kappa shape index (κ2) is 4.53. The number of nitrogens with zero attached hydrogens (tertiary/aromatic N) is 3. The molecule has 5 nitrogen and oxygen atoms in total. The van der Waals surface area contributed by atoms with Crippen LogP contribution in [0.4, 0.5) is 0 Å². The van der Waals surface area contributed by atoms with Gasteiger partial charge in [-0.05, 0) is 0 Å². The molecule has 0 aromatic carbocycles. The minimum atomic E-state index is 0. The normalized spacial score (nSPS) is 22.3. The number of piperazine rings is 1. The molecule has 0 radical (unpaired) electrons. The van der Waals surface area contributed by atoms with Crippen LogP contribution in [-0.2, 0) is 0 Å². The van der Waals surface area contributed by atoms with E-state index in [9.17, 15) is 0 Å². The minimum absolute atomic E-state index is 0. The van der Waals surface area contributed by atoms with E-state index in [4.69, 9.17) is 11.6 Å². The van der Waals surface area contributed by atoms with Gasteiger partial charge in [0.15, 0.2) is 0 Å². The molecule has 0 aromatic rings. The van der Waals surface area contributed by atoms with Crippen molar-refractivity contribution in [2.75, 3.05) is 40.3 Å². The van der Waals surface area contributed by atoms with E-state index in [0.717, 1.165) is 30.7 Å². The first-order valence-electron chi connectivity index (χ1n) is 4.15. The molecule has 0 saturated carbocycles. The molecule has 78 valence electrons. The monoisotopic (exact) mass is 207 g/mol. The molecule has 6 heteroatoms. The van der Waals surface area contributed by atoms with Gasteiger partial charge in [0.2, 0.25) is 5.96 Å². The molecule has 0 unspecified atom stereocenters. The number of likely N-dealkylation sites (N-methyl/N-ethyl adjacent to an activating group) is 1. The van der Waals surface area contributed by atoms with Crippen LogP contribution in [0.5, 0.6) is 0 Å². The third-order valence-electron chi connectivity index (χ3n) is 2.41. The van der Waals surface area contributed by atoms with Crippen LogP contribution in [0.3, 0.4) is 0 Å². The average molecular weight is 208 g/mol. The maximum Gasteiger partial charge on any atom is 0.213 e. The summed E-state index contributed by atoms with van der Waals surface area (Å²) in [6.45, 7) is 4.07. The molecule has 1 heterocycles. The lowest BCUT2D eigenvalue weighted by Crippen LogP contribution is -3.00. The molecule has 0 spiro atoms. The first-order valence-corrected chi connectivity index (χ1v) is 4.15. The first kappa shape index (κ1) is 12.3. The highest BCUT2D eigenvalue weighted by Crippen LogP contribution is 2.05. The molecule has 0 amide bonds. The number of rotatable bonds is 0. The molecule has 0 aliphatic carbocycles.